The number of esters is 2. The number of nitrogens with two attached hydrogens (primary N) is 1. The van der Waals surface area contributed by atoms with Crippen molar-refractivity contribution in [2.45, 2.75) is 194 Å². The molecule has 4 atom stereocenters. The number of phosphoric ester groups is 1. The van der Waals surface area contributed by atoms with Crippen LogP contribution in [0.4, 0.5) is 0 Å². The Labute approximate surface area is 331 Å². The Morgan fingerprint density at radius 3 is 1.22 bits per heavy atom. The number of ether oxygens (including phenoxy) is 2. The van der Waals surface area contributed by atoms with Crippen molar-refractivity contribution in [2.24, 2.45) is 23.5 Å². The normalized spacial score (nSPS) is 18.0. The zero-order valence-corrected chi connectivity index (χ0v) is 35.6. The zero-order valence-electron chi connectivity index (χ0n) is 34.7. The molecule has 0 aliphatic heterocycles. The van der Waals surface area contributed by atoms with E-state index in [-0.39, 0.29) is 62.7 Å². The lowest BCUT2D eigenvalue weighted by atomic mass is 10.1. The molecule has 0 radical (unpaired) electrons. The van der Waals surface area contributed by atoms with Crippen LogP contribution in [0.2, 0.25) is 0 Å². The fourth-order valence-corrected chi connectivity index (χ4v) is 7.61. The lowest BCUT2D eigenvalue weighted by Gasteiger charge is -2.22. The molecule has 316 valence electrons. The number of allylic oxidation sites excluding steroid dienone is 4. The van der Waals surface area contributed by atoms with Crippen LogP contribution in [0.5, 0.6) is 0 Å². The molecule has 0 aromatic carbocycles. The van der Waals surface area contributed by atoms with E-state index < -0.39 is 7.82 Å². The van der Waals surface area contributed by atoms with Crippen LogP contribution < -0.4 is 10.6 Å². The summed E-state index contributed by atoms with van der Waals surface area (Å²) < 4.78 is 33.0. The van der Waals surface area contributed by atoms with E-state index in [0.717, 1.165) is 64.2 Å². The van der Waals surface area contributed by atoms with Gasteiger partial charge in [-0.05, 0) is 70.1 Å². The first kappa shape index (κ1) is 50.5. The van der Waals surface area contributed by atoms with Crippen molar-refractivity contribution in [2.75, 3.05) is 33.0 Å². The Morgan fingerprint density at radius 2 is 0.852 bits per heavy atom. The van der Waals surface area contributed by atoms with Crippen LogP contribution in [0.3, 0.4) is 0 Å². The Hall–Kier alpha value is -1.51. The van der Waals surface area contributed by atoms with Gasteiger partial charge in [0, 0.05) is 31.2 Å². The molecule has 1 aliphatic rings. The van der Waals surface area contributed by atoms with Gasteiger partial charge in [0.1, 0.15) is 0 Å². The lowest BCUT2D eigenvalue weighted by Crippen LogP contribution is -2.15. The minimum absolute atomic E-state index is 0.0591. The summed E-state index contributed by atoms with van der Waals surface area (Å²) in [4.78, 5) is 37.0. The van der Waals surface area contributed by atoms with Crippen molar-refractivity contribution >= 4 is 19.8 Å². The summed E-state index contributed by atoms with van der Waals surface area (Å²) in [6.45, 7) is 4.60. The SMILES string of the molecule is CCCCCCCC/C=C\CCCCCCCC(=O)OC[C@@H]1C(COP(=O)([O-])OCCN)[C@@H]1COC(=O)CCCCCCC/C=C\CCCCCCCC. The Bertz CT molecular complexity index is 943. The monoisotopic (exact) mass is 783 g/mol. The first-order valence-electron chi connectivity index (χ1n) is 22.3. The number of rotatable bonds is 40. The maximum atomic E-state index is 12.5. The Balaban J connectivity index is 2.21. The van der Waals surface area contributed by atoms with Crippen LogP contribution in [-0.4, -0.2) is 44.9 Å². The highest BCUT2D eigenvalue weighted by Crippen LogP contribution is 2.50. The van der Waals surface area contributed by atoms with Gasteiger partial charge in [-0.15, -0.1) is 0 Å². The van der Waals surface area contributed by atoms with Crippen LogP contribution >= 0.6 is 7.82 Å². The summed E-state index contributed by atoms with van der Waals surface area (Å²) in [6.07, 6.45) is 41.2. The second kappa shape index (κ2) is 35.9. The van der Waals surface area contributed by atoms with Gasteiger partial charge in [-0.3, -0.25) is 14.2 Å². The minimum Gasteiger partial charge on any atom is -0.756 e. The number of phosphoric acid groups is 1. The molecule has 0 aromatic heterocycles. The van der Waals surface area contributed by atoms with E-state index in [1.807, 2.05) is 0 Å². The van der Waals surface area contributed by atoms with Crippen molar-refractivity contribution in [3.05, 3.63) is 24.3 Å². The highest BCUT2D eigenvalue weighted by Gasteiger charge is 2.51. The van der Waals surface area contributed by atoms with Gasteiger partial charge in [-0.2, -0.15) is 0 Å². The summed E-state index contributed by atoms with van der Waals surface area (Å²) >= 11 is 0. The predicted molar refractivity (Wildman–Crippen MR) is 220 cm³/mol. The summed E-state index contributed by atoms with van der Waals surface area (Å²) in [6, 6.07) is 0. The molecule has 2 unspecified atom stereocenters. The minimum atomic E-state index is -4.49. The van der Waals surface area contributed by atoms with E-state index in [0.29, 0.717) is 12.8 Å². The quantitative estimate of drug-likeness (QED) is 0.0278. The molecular weight excluding hydrogens is 701 g/mol. The van der Waals surface area contributed by atoms with Gasteiger partial charge in [0.05, 0.1) is 26.4 Å². The highest BCUT2D eigenvalue weighted by atomic mass is 31.2. The lowest BCUT2D eigenvalue weighted by molar-refractivity contribution is -0.225. The number of carbonyl (C=O) groups excluding carboxylic acids is 2. The summed E-state index contributed by atoms with van der Waals surface area (Å²) in [5.74, 6) is -0.982. The van der Waals surface area contributed by atoms with Gasteiger partial charge in [-0.25, -0.2) is 0 Å². The number of unbranched alkanes of at least 4 members (excludes halogenated alkanes) is 22. The van der Waals surface area contributed by atoms with Crippen molar-refractivity contribution in [1.82, 2.24) is 0 Å². The molecule has 54 heavy (non-hydrogen) atoms. The van der Waals surface area contributed by atoms with Crippen LogP contribution in [0.25, 0.3) is 0 Å². The van der Waals surface area contributed by atoms with E-state index in [2.05, 4.69) is 38.2 Å². The van der Waals surface area contributed by atoms with Gasteiger partial charge in [0.2, 0.25) is 0 Å². The molecule has 0 spiro atoms. The maximum Gasteiger partial charge on any atom is 0.305 e. The average Bonchev–Trinajstić information content (AvgIpc) is 3.85. The fourth-order valence-electron chi connectivity index (χ4n) is 6.85. The van der Waals surface area contributed by atoms with Crippen molar-refractivity contribution in [3.8, 4) is 0 Å². The molecule has 1 rings (SSSR count). The van der Waals surface area contributed by atoms with Gasteiger partial charge in [0.25, 0.3) is 7.82 Å². The molecule has 1 aliphatic carbocycles. The van der Waals surface area contributed by atoms with E-state index in [1.54, 1.807) is 0 Å². The molecule has 9 nitrogen and oxygen atoms in total. The van der Waals surface area contributed by atoms with Gasteiger partial charge < -0.3 is 29.1 Å². The van der Waals surface area contributed by atoms with Crippen LogP contribution in [0, 0.1) is 17.8 Å². The topological polar surface area (TPSA) is 137 Å². The Kier molecular flexibility index (Phi) is 33.6. The first-order valence-corrected chi connectivity index (χ1v) is 23.7. The molecule has 0 bridgehead atoms. The molecule has 10 heteroatoms. The number of hydrogen-bond donors (Lipinski definition) is 1. The molecule has 0 saturated heterocycles. The summed E-state index contributed by atoms with van der Waals surface area (Å²) in [5, 5.41) is 0. The molecule has 2 N–H and O–H groups in total. The standard InChI is InChI=1S/C44H82NO8P/c1-3-5-7-9-11-13-15-17-19-21-23-25-27-29-31-33-43(46)50-37-40-41(42(40)39-53-54(48,49)52-36-35-45)38-51-44(47)34-32-30-28-26-24-22-20-18-16-14-12-10-8-6-4-2/h17-20,40-42H,3-16,21-39,45H2,1-2H3,(H,48,49)/p-1/b19-17-,20-18-/t40-,41+,42?. The molecule has 0 aromatic rings. The third kappa shape index (κ3) is 30.7. The first-order chi connectivity index (χ1) is 26.3. The third-order valence-corrected chi connectivity index (χ3v) is 11.4. The second-order valence-corrected chi connectivity index (χ2v) is 16.8. The predicted octanol–water partition coefficient (Wildman–Crippen LogP) is 11.5. The van der Waals surface area contributed by atoms with Crippen LogP contribution in [-0.2, 0) is 32.7 Å². The van der Waals surface area contributed by atoms with Gasteiger partial charge in [-0.1, -0.05) is 141 Å². The average molecular weight is 783 g/mol. The molecule has 0 amide bonds. The summed E-state index contributed by atoms with van der Waals surface area (Å²) in [5.41, 5.74) is 5.35. The molecule has 1 saturated carbocycles. The van der Waals surface area contributed by atoms with Gasteiger partial charge >= 0.3 is 11.9 Å². The van der Waals surface area contributed by atoms with E-state index in [4.69, 9.17) is 24.3 Å². The zero-order chi connectivity index (χ0) is 39.4. The van der Waals surface area contributed by atoms with E-state index in [1.165, 1.54) is 103 Å². The van der Waals surface area contributed by atoms with Crippen LogP contribution in [0.1, 0.15) is 194 Å². The highest BCUT2D eigenvalue weighted by molar-refractivity contribution is 7.45. The van der Waals surface area contributed by atoms with Crippen molar-refractivity contribution < 1.29 is 37.6 Å². The van der Waals surface area contributed by atoms with Gasteiger partial charge in [0.15, 0.2) is 0 Å². The third-order valence-electron chi connectivity index (χ3n) is 10.5. The smallest absolute Gasteiger partial charge is 0.305 e. The largest absolute Gasteiger partial charge is 0.756 e. The summed E-state index contributed by atoms with van der Waals surface area (Å²) in [7, 11) is -4.49. The Morgan fingerprint density at radius 1 is 0.519 bits per heavy atom. The molecule has 1 fully saturated rings. The van der Waals surface area contributed by atoms with Crippen molar-refractivity contribution in [1.29, 1.82) is 0 Å². The molecular formula is C44H81NO8P-. The van der Waals surface area contributed by atoms with E-state index >= 15 is 0 Å². The van der Waals surface area contributed by atoms with Crippen LogP contribution in [0.15, 0.2) is 24.3 Å². The molecule has 0 heterocycles. The number of carbonyl (C=O) groups is 2. The van der Waals surface area contributed by atoms with E-state index in [9.17, 15) is 19.0 Å². The number of hydrogen-bond acceptors (Lipinski definition) is 9. The van der Waals surface area contributed by atoms with Crippen molar-refractivity contribution in [3.63, 3.8) is 0 Å². The second-order valence-electron chi connectivity index (χ2n) is 15.4. The maximum absolute atomic E-state index is 12.5. The fraction of sp³-hybridized carbons (Fsp3) is 0.864.